The van der Waals surface area contributed by atoms with Gasteiger partial charge in [-0.05, 0) is 55.0 Å². The average Bonchev–Trinajstić information content (AvgIpc) is 3.35. The van der Waals surface area contributed by atoms with Crippen molar-refractivity contribution in [2.24, 2.45) is 0 Å². The maximum Gasteiger partial charge on any atom is 0.262 e. The van der Waals surface area contributed by atoms with E-state index in [0.717, 1.165) is 16.5 Å². The highest BCUT2D eigenvalue weighted by Gasteiger charge is 2.22. The van der Waals surface area contributed by atoms with Crippen LogP contribution in [0.25, 0.3) is 10.9 Å². The van der Waals surface area contributed by atoms with Crippen LogP contribution in [0, 0.1) is 6.92 Å². The lowest BCUT2D eigenvalue weighted by molar-refractivity contribution is 0.0910. The number of imidazole rings is 1. The van der Waals surface area contributed by atoms with Crippen LogP contribution in [-0.4, -0.2) is 33.0 Å². The van der Waals surface area contributed by atoms with Gasteiger partial charge in [0.05, 0.1) is 19.0 Å². The van der Waals surface area contributed by atoms with Crippen molar-refractivity contribution in [3.63, 3.8) is 0 Å². The first-order chi connectivity index (χ1) is 14.0. The number of carbonyl (C=O) groups excluding carboxylic acids is 2. The molecule has 0 atom stereocenters. The van der Waals surface area contributed by atoms with Crippen LogP contribution in [0.15, 0.2) is 61.2 Å². The summed E-state index contributed by atoms with van der Waals surface area (Å²) in [7, 11) is 1.58. The Morgan fingerprint density at radius 1 is 1.14 bits per heavy atom. The second-order valence-corrected chi connectivity index (χ2v) is 7.07. The van der Waals surface area contributed by atoms with Gasteiger partial charge in [-0.2, -0.15) is 0 Å². The molecule has 0 N–H and O–H groups in total. The molecule has 7 heteroatoms. The van der Waals surface area contributed by atoms with Crippen LogP contribution in [-0.2, 0) is 6.42 Å². The van der Waals surface area contributed by atoms with Gasteiger partial charge in [-0.1, -0.05) is 11.6 Å². The number of carbonyl (C=O) groups is 2. The minimum atomic E-state index is -0.185. The third-order valence-electron chi connectivity index (χ3n) is 4.96. The van der Waals surface area contributed by atoms with E-state index >= 15 is 0 Å². The summed E-state index contributed by atoms with van der Waals surface area (Å²) in [5.74, 6) is 0.340. The van der Waals surface area contributed by atoms with Gasteiger partial charge in [0, 0.05) is 34.1 Å². The third kappa shape index (κ3) is 3.43. The molecular weight excluding hydrogens is 390 g/mol. The molecule has 146 valence electrons. The molecule has 0 spiro atoms. The zero-order valence-electron chi connectivity index (χ0n) is 15.9. The quantitative estimate of drug-likeness (QED) is 0.503. The molecule has 2 aromatic carbocycles. The lowest BCUT2D eigenvalue weighted by Crippen LogP contribution is -2.15. The number of rotatable bonds is 4. The van der Waals surface area contributed by atoms with Crippen molar-refractivity contribution in [2.45, 2.75) is 13.3 Å². The number of aromatic nitrogens is 3. The fraction of sp³-hybridized carbons (Fsp3) is 0.136. The minimum absolute atomic E-state index is 0.132. The molecule has 0 fully saturated rings. The molecule has 0 bridgehead atoms. The summed E-state index contributed by atoms with van der Waals surface area (Å²) in [6.07, 6.45) is 4.76. The smallest absolute Gasteiger partial charge is 0.262 e. The van der Waals surface area contributed by atoms with Gasteiger partial charge in [-0.15, -0.1) is 0 Å². The normalized spacial score (nSPS) is 11.0. The molecule has 0 aliphatic rings. The van der Waals surface area contributed by atoms with E-state index < -0.39 is 0 Å². The number of halogens is 1. The highest BCUT2D eigenvalue weighted by atomic mass is 35.5. The van der Waals surface area contributed by atoms with Crippen molar-refractivity contribution >= 4 is 34.3 Å². The van der Waals surface area contributed by atoms with Crippen molar-refractivity contribution in [1.29, 1.82) is 0 Å². The van der Waals surface area contributed by atoms with E-state index in [-0.39, 0.29) is 18.2 Å². The number of hydrogen-bond acceptors (Lipinski definition) is 4. The Hall–Kier alpha value is -3.38. The molecule has 0 unspecified atom stereocenters. The summed E-state index contributed by atoms with van der Waals surface area (Å²) < 4.78 is 8.42. The average molecular weight is 408 g/mol. The van der Waals surface area contributed by atoms with Gasteiger partial charge in [-0.3, -0.25) is 18.7 Å². The standard InChI is InChI=1S/C22H18ClN3O3/c1-14-18(12-21(27)25-10-9-24-13-25)19-11-17(29-2)7-8-20(19)26(14)22(28)15-3-5-16(23)6-4-15/h3-11,13H,12H2,1-2H3. The van der Waals surface area contributed by atoms with E-state index in [1.165, 1.54) is 10.9 Å². The Morgan fingerprint density at radius 2 is 1.90 bits per heavy atom. The Balaban J connectivity index is 1.86. The zero-order chi connectivity index (χ0) is 20.5. The molecular formula is C22H18ClN3O3. The van der Waals surface area contributed by atoms with Crippen LogP contribution in [0.4, 0.5) is 0 Å². The molecule has 4 aromatic rings. The number of nitrogens with zero attached hydrogens (tertiary/aromatic N) is 3. The van der Waals surface area contributed by atoms with Crippen molar-refractivity contribution in [3.05, 3.63) is 83.0 Å². The molecule has 0 radical (unpaired) electrons. The Kier molecular flexibility index (Phi) is 4.94. The van der Waals surface area contributed by atoms with Crippen LogP contribution in [0.1, 0.15) is 26.4 Å². The minimum Gasteiger partial charge on any atom is -0.497 e. The van der Waals surface area contributed by atoms with E-state index in [1.54, 1.807) is 54.4 Å². The van der Waals surface area contributed by atoms with E-state index in [0.29, 0.717) is 22.0 Å². The molecule has 0 aliphatic carbocycles. The fourth-order valence-corrected chi connectivity index (χ4v) is 3.57. The maximum absolute atomic E-state index is 13.3. The van der Waals surface area contributed by atoms with Crippen LogP contribution < -0.4 is 4.74 Å². The molecule has 2 aromatic heterocycles. The number of ether oxygens (including phenoxy) is 1. The summed E-state index contributed by atoms with van der Waals surface area (Å²) >= 11 is 5.96. The number of benzene rings is 2. The van der Waals surface area contributed by atoms with Crippen molar-refractivity contribution < 1.29 is 14.3 Å². The number of fused-ring (bicyclic) bond motifs is 1. The molecule has 0 aliphatic heterocycles. The molecule has 6 nitrogen and oxygen atoms in total. The fourth-order valence-electron chi connectivity index (χ4n) is 3.44. The molecule has 29 heavy (non-hydrogen) atoms. The summed E-state index contributed by atoms with van der Waals surface area (Å²) in [6, 6.07) is 12.2. The molecule has 2 heterocycles. The van der Waals surface area contributed by atoms with Gasteiger partial charge in [0.1, 0.15) is 12.1 Å². The van der Waals surface area contributed by atoms with E-state index in [1.807, 2.05) is 19.1 Å². The molecule has 0 saturated carbocycles. The maximum atomic E-state index is 13.3. The summed E-state index contributed by atoms with van der Waals surface area (Å²) in [4.78, 5) is 29.9. The lowest BCUT2D eigenvalue weighted by Gasteiger charge is -2.08. The van der Waals surface area contributed by atoms with Gasteiger partial charge >= 0.3 is 0 Å². The van der Waals surface area contributed by atoms with Gasteiger partial charge in [0.2, 0.25) is 5.91 Å². The highest BCUT2D eigenvalue weighted by molar-refractivity contribution is 6.30. The second kappa shape index (κ2) is 7.56. The van der Waals surface area contributed by atoms with Crippen LogP contribution >= 0.6 is 11.6 Å². The number of methoxy groups -OCH3 is 1. The molecule has 0 amide bonds. The first-order valence-electron chi connectivity index (χ1n) is 8.99. The summed E-state index contributed by atoms with van der Waals surface area (Å²) in [6.45, 7) is 1.84. The van der Waals surface area contributed by atoms with Crippen LogP contribution in [0.3, 0.4) is 0 Å². The van der Waals surface area contributed by atoms with Gasteiger partial charge in [-0.25, -0.2) is 4.98 Å². The SMILES string of the molecule is COc1ccc2c(c1)c(CC(=O)n1ccnc1)c(C)n2C(=O)c1ccc(Cl)cc1. The Bertz CT molecular complexity index is 1210. The zero-order valence-corrected chi connectivity index (χ0v) is 16.7. The van der Waals surface area contributed by atoms with E-state index in [2.05, 4.69) is 4.98 Å². The molecule has 4 rings (SSSR count). The first kappa shape index (κ1) is 19.0. The van der Waals surface area contributed by atoms with Crippen LogP contribution in [0.5, 0.6) is 5.75 Å². The van der Waals surface area contributed by atoms with Crippen molar-refractivity contribution in [1.82, 2.24) is 14.1 Å². The Morgan fingerprint density at radius 3 is 2.55 bits per heavy atom. The topological polar surface area (TPSA) is 66.1 Å². The number of hydrogen-bond donors (Lipinski definition) is 0. The third-order valence-corrected chi connectivity index (χ3v) is 5.21. The monoisotopic (exact) mass is 407 g/mol. The second-order valence-electron chi connectivity index (χ2n) is 6.63. The summed E-state index contributed by atoms with van der Waals surface area (Å²) in [5.41, 5.74) is 2.72. The van der Waals surface area contributed by atoms with E-state index in [9.17, 15) is 9.59 Å². The molecule has 0 saturated heterocycles. The Labute approximate surface area is 172 Å². The summed E-state index contributed by atoms with van der Waals surface area (Å²) in [5, 5.41) is 1.37. The van der Waals surface area contributed by atoms with Crippen LogP contribution in [0.2, 0.25) is 5.02 Å². The lowest BCUT2D eigenvalue weighted by atomic mass is 10.1. The highest BCUT2D eigenvalue weighted by Crippen LogP contribution is 2.31. The van der Waals surface area contributed by atoms with Crippen molar-refractivity contribution in [2.75, 3.05) is 7.11 Å². The predicted molar refractivity (Wildman–Crippen MR) is 111 cm³/mol. The largest absolute Gasteiger partial charge is 0.497 e. The van der Waals surface area contributed by atoms with Crippen molar-refractivity contribution in [3.8, 4) is 5.75 Å². The predicted octanol–water partition coefficient (Wildman–Crippen LogP) is 4.38. The van der Waals surface area contributed by atoms with Gasteiger partial charge < -0.3 is 4.74 Å². The first-order valence-corrected chi connectivity index (χ1v) is 9.36. The van der Waals surface area contributed by atoms with Gasteiger partial charge in [0.25, 0.3) is 5.91 Å². The van der Waals surface area contributed by atoms with Gasteiger partial charge in [0.15, 0.2) is 0 Å². The van der Waals surface area contributed by atoms with E-state index in [4.69, 9.17) is 16.3 Å².